The normalized spacial score (nSPS) is 16.3. The number of carbonyl (C=O) groups excluding carboxylic acids is 1. The van der Waals surface area contributed by atoms with Gasteiger partial charge in [0.1, 0.15) is 6.04 Å². The highest BCUT2D eigenvalue weighted by atomic mass is 16.4. The highest BCUT2D eigenvalue weighted by molar-refractivity contribution is 5.82. The van der Waals surface area contributed by atoms with Crippen LogP contribution in [0.5, 0.6) is 0 Å². The van der Waals surface area contributed by atoms with Gasteiger partial charge in [0.05, 0.1) is 0 Å². The number of carboxylic acids is 1. The molecular formula is C12H22N2O3. The predicted octanol–water partition coefficient (Wildman–Crippen LogP) is 1.73. The van der Waals surface area contributed by atoms with Gasteiger partial charge in [-0.1, -0.05) is 26.2 Å². The van der Waals surface area contributed by atoms with Gasteiger partial charge in [-0.15, -0.1) is 0 Å². The molecule has 17 heavy (non-hydrogen) atoms. The number of amides is 2. The Morgan fingerprint density at radius 1 is 1.41 bits per heavy atom. The Kier molecular flexibility index (Phi) is 5.80. The van der Waals surface area contributed by atoms with Crippen molar-refractivity contribution in [1.29, 1.82) is 0 Å². The van der Waals surface area contributed by atoms with E-state index in [-0.39, 0.29) is 6.03 Å². The SMILES string of the molecule is CCCC(NC(=O)NCCCC1CC1)C(=O)O. The Hall–Kier alpha value is -1.26. The van der Waals surface area contributed by atoms with Gasteiger partial charge >= 0.3 is 12.0 Å². The van der Waals surface area contributed by atoms with Crippen molar-refractivity contribution in [3.8, 4) is 0 Å². The molecule has 5 nitrogen and oxygen atoms in total. The van der Waals surface area contributed by atoms with Gasteiger partial charge in [0.15, 0.2) is 0 Å². The van der Waals surface area contributed by atoms with E-state index in [1.54, 1.807) is 0 Å². The Balaban J connectivity index is 2.09. The number of urea groups is 1. The molecule has 2 amide bonds. The molecule has 0 spiro atoms. The minimum atomic E-state index is -0.972. The third-order valence-corrected chi connectivity index (χ3v) is 2.95. The molecule has 0 saturated heterocycles. The molecular weight excluding hydrogens is 220 g/mol. The summed E-state index contributed by atoms with van der Waals surface area (Å²) in [5.41, 5.74) is 0. The van der Waals surface area contributed by atoms with Gasteiger partial charge in [0.2, 0.25) is 0 Å². The van der Waals surface area contributed by atoms with E-state index >= 15 is 0 Å². The summed E-state index contributed by atoms with van der Waals surface area (Å²) in [4.78, 5) is 22.2. The molecule has 0 bridgehead atoms. The van der Waals surface area contributed by atoms with Crippen LogP contribution in [0.15, 0.2) is 0 Å². The van der Waals surface area contributed by atoms with Crippen LogP contribution in [0.3, 0.4) is 0 Å². The van der Waals surface area contributed by atoms with E-state index in [0.29, 0.717) is 13.0 Å². The molecule has 0 aromatic rings. The lowest BCUT2D eigenvalue weighted by atomic mass is 10.2. The minimum Gasteiger partial charge on any atom is -0.480 e. The Morgan fingerprint density at radius 3 is 2.65 bits per heavy atom. The predicted molar refractivity (Wildman–Crippen MR) is 64.8 cm³/mol. The van der Waals surface area contributed by atoms with Crippen molar-refractivity contribution in [2.24, 2.45) is 5.92 Å². The number of carbonyl (C=O) groups is 2. The third kappa shape index (κ3) is 6.14. The van der Waals surface area contributed by atoms with Crippen molar-refractivity contribution in [1.82, 2.24) is 10.6 Å². The van der Waals surface area contributed by atoms with Gasteiger partial charge in [0, 0.05) is 6.54 Å². The Labute approximate surface area is 102 Å². The van der Waals surface area contributed by atoms with Crippen LogP contribution in [-0.4, -0.2) is 29.7 Å². The second-order valence-corrected chi connectivity index (χ2v) is 4.67. The van der Waals surface area contributed by atoms with Crippen LogP contribution in [0.2, 0.25) is 0 Å². The largest absolute Gasteiger partial charge is 0.480 e. The number of aliphatic carboxylic acids is 1. The lowest BCUT2D eigenvalue weighted by molar-refractivity contribution is -0.139. The molecule has 1 aliphatic carbocycles. The molecule has 98 valence electrons. The van der Waals surface area contributed by atoms with E-state index in [1.165, 1.54) is 12.8 Å². The van der Waals surface area contributed by atoms with E-state index in [4.69, 9.17) is 5.11 Å². The number of rotatable bonds is 8. The molecule has 1 fully saturated rings. The molecule has 0 aromatic heterocycles. The summed E-state index contributed by atoms with van der Waals surface area (Å²) >= 11 is 0. The summed E-state index contributed by atoms with van der Waals surface area (Å²) in [6.07, 6.45) is 5.98. The van der Waals surface area contributed by atoms with E-state index in [1.807, 2.05) is 6.92 Å². The third-order valence-electron chi connectivity index (χ3n) is 2.95. The lowest BCUT2D eigenvalue weighted by Gasteiger charge is -2.14. The first-order chi connectivity index (χ1) is 8.13. The first kappa shape index (κ1) is 13.8. The number of hydrogen-bond acceptors (Lipinski definition) is 2. The van der Waals surface area contributed by atoms with E-state index in [2.05, 4.69) is 10.6 Å². The van der Waals surface area contributed by atoms with Crippen LogP contribution in [0.4, 0.5) is 4.79 Å². The number of hydrogen-bond donors (Lipinski definition) is 3. The topological polar surface area (TPSA) is 78.4 Å². The Morgan fingerprint density at radius 2 is 2.12 bits per heavy atom. The maximum absolute atomic E-state index is 11.4. The van der Waals surface area contributed by atoms with Crippen LogP contribution in [-0.2, 0) is 4.79 Å². The van der Waals surface area contributed by atoms with E-state index < -0.39 is 12.0 Å². The Bertz CT molecular complexity index is 264. The molecule has 1 unspecified atom stereocenters. The fourth-order valence-corrected chi connectivity index (χ4v) is 1.75. The van der Waals surface area contributed by atoms with Crippen molar-refractivity contribution < 1.29 is 14.7 Å². The van der Waals surface area contributed by atoms with E-state index in [0.717, 1.165) is 25.2 Å². The first-order valence-corrected chi connectivity index (χ1v) is 6.40. The van der Waals surface area contributed by atoms with Gasteiger partial charge in [-0.3, -0.25) is 0 Å². The van der Waals surface area contributed by atoms with Gasteiger partial charge in [-0.2, -0.15) is 0 Å². The average Bonchev–Trinajstić information content (AvgIpc) is 3.07. The van der Waals surface area contributed by atoms with Gasteiger partial charge in [0.25, 0.3) is 0 Å². The summed E-state index contributed by atoms with van der Waals surface area (Å²) in [6.45, 7) is 2.52. The number of carboxylic acid groups (broad SMARTS) is 1. The average molecular weight is 242 g/mol. The summed E-state index contributed by atoms with van der Waals surface area (Å²) in [5, 5.41) is 14.0. The zero-order valence-corrected chi connectivity index (χ0v) is 10.4. The molecule has 1 aliphatic rings. The molecule has 3 N–H and O–H groups in total. The highest BCUT2D eigenvalue weighted by Gasteiger charge is 2.21. The van der Waals surface area contributed by atoms with Gasteiger partial charge < -0.3 is 15.7 Å². The maximum atomic E-state index is 11.4. The highest BCUT2D eigenvalue weighted by Crippen LogP contribution is 2.33. The van der Waals surface area contributed by atoms with Gasteiger partial charge in [-0.25, -0.2) is 9.59 Å². The smallest absolute Gasteiger partial charge is 0.326 e. The van der Waals surface area contributed by atoms with Crippen LogP contribution < -0.4 is 10.6 Å². The minimum absolute atomic E-state index is 0.373. The van der Waals surface area contributed by atoms with Crippen molar-refractivity contribution in [3.05, 3.63) is 0 Å². The second kappa shape index (κ2) is 7.14. The van der Waals surface area contributed by atoms with Crippen LogP contribution >= 0.6 is 0 Å². The molecule has 0 aliphatic heterocycles. The van der Waals surface area contributed by atoms with Crippen molar-refractivity contribution in [3.63, 3.8) is 0 Å². The molecule has 5 heteroatoms. The maximum Gasteiger partial charge on any atom is 0.326 e. The van der Waals surface area contributed by atoms with E-state index in [9.17, 15) is 9.59 Å². The summed E-state index contributed by atoms with van der Waals surface area (Å²) in [7, 11) is 0. The fraction of sp³-hybridized carbons (Fsp3) is 0.833. The molecule has 1 rings (SSSR count). The summed E-state index contributed by atoms with van der Waals surface area (Å²) in [6, 6.07) is -1.15. The molecule has 0 aromatic carbocycles. The molecule has 1 saturated carbocycles. The zero-order chi connectivity index (χ0) is 12.7. The monoisotopic (exact) mass is 242 g/mol. The quantitative estimate of drug-likeness (QED) is 0.567. The number of nitrogens with one attached hydrogen (secondary N) is 2. The lowest BCUT2D eigenvalue weighted by Crippen LogP contribution is -2.46. The van der Waals surface area contributed by atoms with Gasteiger partial charge in [-0.05, 0) is 25.2 Å². The molecule has 0 heterocycles. The second-order valence-electron chi connectivity index (χ2n) is 4.67. The van der Waals surface area contributed by atoms with Crippen molar-refractivity contribution >= 4 is 12.0 Å². The standard InChI is InChI=1S/C12H22N2O3/c1-2-4-10(11(15)16)14-12(17)13-8-3-5-9-6-7-9/h9-10H,2-8H2,1H3,(H,15,16)(H2,13,14,17). The first-order valence-electron chi connectivity index (χ1n) is 6.40. The van der Waals surface area contributed by atoms with Crippen LogP contribution in [0, 0.1) is 5.92 Å². The van der Waals surface area contributed by atoms with Crippen LogP contribution in [0.25, 0.3) is 0 Å². The zero-order valence-electron chi connectivity index (χ0n) is 10.4. The van der Waals surface area contributed by atoms with Crippen LogP contribution in [0.1, 0.15) is 45.4 Å². The fourth-order valence-electron chi connectivity index (χ4n) is 1.75. The summed E-state index contributed by atoms with van der Waals surface area (Å²) < 4.78 is 0. The summed E-state index contributed by atoms with van der Waals surface area (Å²) in [5.74, 6) is -0.105. The molecule has 0 radical (unpaired) electrons. The molecule has 1 atom stereocenters. The van der Waals surface area contributed by atoms with Crippen molar-refractivity contribution in [2.45, 2.75) is 51.5 Å². The van der Waals surface area contributed by atoms with Crippen molar-refractivity contribution in [2.75, 3.05) is 6.54 Å².